The van der Waals surface area contributed by atoms with Gasteiger partial charge in [0, 0.05) is 62.3 Å². The fraction of sp³-hybridized carbons (Fsp3) is 0.393. The molecule has 3 heterocycles. The number of carbonyl (C=O) groups excluding carboxylic acids is 1. The van der Waals surface area contributed by atoms with E-state index in [1.165, 1.54) is 24.5 Å². The number of nitrogens with one attached hydrogen (secondary N) is 2. The van der Waals surface area contributed by atoms with Crippen molar-refractivity contribution in [2.24, 2.45) is 0 Å². The van der Waals surface area contributed by atoms with Gasteiger partial charge in [0.05, 0.1) is 36.0 Å². The van der Waals surface area contributed by atoms with Gasteiger partial charge in [0.25, 0.3) is 0 Å². The number of rotatable bonds is 8. The van der Waals surface area contributed by atoms with Crippen LogP contribution in [0.15, 0.2) is 48.8 Å². The van der Waals surface area contributed by atoms with Crippen LogP contribution in [0.5, 0.6) is 5.75 Å². The third-order valence-corrected chi connectivity index (χ3v) is 6.88. The van der Waals surface area contributed by atoms with E-state index in [1.54, 1.807) is 18.2 Å². The molecular formula is C28H31ClFN5O4. The molecule has 1 aromatic heterocycles. The van der Waals surface area contributed by atoms with E-state index in [-0.39, 0.29) is 17.0 Å². The average Bonchev–Trinajstić information content (AvgIpc) is 3.21. The van der Waals surface area contributed by atoms with Gasteiger partial charge in [-0.1, -0.05) is 17.7 Å². The van der Waals surface area contributed by atoms with Crippen LogP contribution in [0, 0.1) is 5.82 Å². The Bertz CT molecular complexity index is 1330. The number of ether oxygens (including phenoxy) is 3. The highest BCUT2D eigenvalue weighted by Crippen LogP contribution is 2.35. The number of fused-ring (bicyclic) bond motifs is 1. The van der Waals surface area contributed by atoms with Crippen molar-refractivity contribution in [2.75, 3.05) is 56.7 Å². The monoisotopic (exact) mass is 555 g/mol. The van der Waals surface area contributed by atoms with Gasteiger partial charge in [-0.2, -0.15) is 0 Å². The molecule has 2 aromatic carbocycles. The predicted molar refractivity (Wildman–Crippen MR) is 148 cm³/mol. The van der Waals surface area contributed by atoms with Crippen molar-refractivity contribution in [2.45, 2.75) is 25.4 Å². The normalized spacial score (nSPS) is 17.3. The standard InChI is InChI=1S/C28H31ClFN5O4/c29-22-15-19(4-5-23(22)30)33-28-21-16-25(34-27(36)3-1-8-35-9-2-11-37-14-10-35)26(17-24(21)31-18-32-28)39-20-6-12-38-13-7-20/h1,3-5,15-18,20H,2,6-14H2,(H,34,36)(H,31,32,33)/b3-1+. The number of halogens is 2. The molecule has 9 nitrogen and oxygen atoms in total. The molecule has 0 aliphatic carbocycles. The molecule has 5 rings (SSSR count). The molecule has 0 bridgehead atoms. The fourth-order valence-electron chi connectivity index (χ4n) is 4.53. The summed E-state index contributed by atoms with van der Waals surface area (Å²) in [5.41, 5.74) is 1.69. The Morgan fingerprint density at radius 2 is 1.97 bits per heavy atom. The third-order valence-electron chi connectivity index (χ3n) is 6.59. The van der Waals surface area contributed by atoms with Crippen molar-refractivity contribution >= 4 is 45.6 Å². The molecule has 0 saturated carbocycles. The van der Waals surface area contributed by atoms with Crippen molar-refractivity contribution in [3.05, 3.63) is 59.7 Å². The van der Waals surface area contributed by atoms with E-state index in [2.05, 4.69) is 25.5 Å². The second kappa shape index (κ2) is 13.2. The lowest BCUT2D eigenvalue weighted by molar-refractivity contribution is -0.112. The highest BCUT2D eigenvalue weighted by Gasteiger charge is 2.20. The zero-order valence-electron chi connectivity index (χ0n) is 21.5. The number of hydrogen-bond donors (Lipinski definition) is 2. The first-order chi connectivity index (χ1) is 19.0. The lowest BCUT2D eigenvalue weighted by Crippen LogP contribution is -2.27. The second-order valence-electron chi connectivity index (χ2n) is 9.43. The van der Waals surface area contributed by atoms with Gasteiger partial charge in [-0.3, -0.25) is 9.69 Å². The zero-order valence-corrected chi connectivity index (χ0v) is 22.3. The molecule has 206 valence electrons. The molecule has 0 unspecified atom stereocenters. The van der Waals surface area contributed by atoms with Crippen molar-refractivity contribution in [1.82, 2.24) is 14.9 Å². The van der Waals surface area contributed by atoms with Gasteiger partial charge in [-0.05, 0) is 30.7 Å². The Labute approximate surface area is 231 Å². The maximum absolute atomic E-state index is 13.7. The maximum atomic E-state index is 13.7. The summed E-state index contributed by atoms with van der Waals surface area (Å²) in [6.45, 7) is 5.17. The van der Waals surface area contributed by atoms with Crippen LogP contribution in [-0.4, -0.2) is 72.9 Å². The Morgan fingerprint density at radius 3 is 2.82 bits per heavy atom. The molecule has 0 atom stereocenters. The van der Waals surface area contributed by atoms with E-state index in [0.717, 1.165) is 39.0 Å². The molecule has 39 heavy (non-hydrogen) atoms. The first-order valence-electron chi connectivity index (χ1n) is 13.1. The molecule has 0 spiro atoms. The van der Waals surface area contributed by atoms with Gasteiger partial charge in [-0.25, -0.2) is 14.4 Å². The lowest BCUT2D eigenvalue weighted by atomic mass is 10.1. The molecule has 1 amide bonds. The second-order valence-corrected chi connectivity index (χ2v) is 9.84. The van der Waals surface area contributed by atoms with Crippen molar-refractivity contribution in [3.8, 4) is 5.75 Å². The molecule has 2 saturated heterocycles. The predicted octanol–water partition coefficient (Wildman–Crippen LogP) is 4.94. The highest BCUT2D eigenvalue weighted by atomic mass is 35.5. The Morgan fingerprint density at radius 1 is 1.13 bits per heavy atom. The lowest BCUT2D eigenvalue weighted by Gasteiger charge is -2.25. The van der Waals surface area contributed by atoms with Crippen LogP contribution < -0.4 is 15.4 Å². The summed E-state index contributed by atoms with van der Waals surface area (Å²) in [5.74, 6) is 0.228. The summed E-state index contributed by atoms with van der Waals surface area (Å²) in [6, 6.07) is 7.92. The number of aromatic nitrogens is 2. The Kier molecular flexibility index (Phi) is 9.20. The minimum absolute atomic E-state index is 0.00190. The van der Waals surface area contributed by atoms with Gasteiger partial charge in [0.15, 0.2) is 0 Å². The Balaban J connectivity index is 1.39. The minimum Gasteiger partial charge on any atom is -0.488 e. The van der Waals surface area contributed by atoms with Crippen LogP contribution >= 0.6 is 11.6 Å². The van der Waals surface area contributed by atoms with E-state index < -0.39 is 5.82 Å². The molecule has 11 heteroatoms. The molecule has 2 fully saturated rings. The van der Waals surface area contributed by atoms with Gasteiger partial charge < -0.3 is 24.8 Å². The Hall–Kier alpha value is -3.31. The van der Waals surface area contributed by atoms with Gasteiger partial charge in [0.2, 0.25) is 5.91 Å². The summed E-state index contributed by atoms with van der Waals surface area (Å²) in [7, 11) is 0. The van der Waals surface area contributed by atoms with Crippen molar-refractivity contribution in [1.29, 1.82) is 0 Å². The van der Waals surface area contributed by atoms with Crippen LogP contribution in [0.1, 0.15) is 19.3 Å². The van der Waals surface area contributed by atoms with Crippen LogP contribution in [0.2, 0.25) is 5.02 Å². The number of anilines is 3. The summed E-state index contributed by atoms with van der Waals surface area (Å²) in [4.78, 5) is 24.0. The number of amides is 1. The topological polar surface area (TPSA) is 97.8 Å². The smallest absolute Gasteiger partial charge is 0.248 e. The van der Waals surface area contributed by atoms with Crippen LogP contribution in [-0.2, 0) is 14.3 Å². The number of nitrogens with zero attached hydrogens (tertiary/aromatic N) is 3. The van der Waals surface area contributed by atoms with Gasteiger partial charge in [0.1, 0.15) is 29.8 Å². The zero-order chi connectivity index (χ0) is 27.0. The molecular weight excluding hydrogens is 525 g/mol. The largest absolute Gasteiger partial charge is 0.488 e. The number of hydrogen-bond acceptors (Lipinski definition) is 8. The quantitative estimate of drug-likeness (QED) is 0.377. The molecule has 3 aromatic rings. The summed E-state index contributed by atoms with van der Waals surface area (Å²) < 4.78 is 30.9. The van der Waals surface area contributed by atoms with E-state index in [4.69, 9.17) is 25.8 Å². The first-order valence-corrected chi connectivity index (χ1v) is 13.5. The maximum Gasteiger partial charge on any atom is 0.248 e. The van der Waals surface area contributed by atoms with E-state index in [0.29, 0.717) is 60.2 Å². The molecule has 0 radical (unpaired) electrons. The van der Waals surface area contributed by atoms with Crippen molar-refractivity contribution < 1.29 is 23.4 Å². The van der Waals surface area contributed by atoms with Crippen LogP contribution in [0.4, 0.5) is 21.6 Å². The molecule has 2 aliphatic rings. The van der Waals surface area contributed by atoms with E-state index in [1.807, 2.05) is 6.08 Å². The summed E-state index contributed by atoms with van der Waals surface area (Å²) in [6.07, 6.45) is 7.29. The fourth-order valence-corrected chi connectivity index (χ4v) is 4.71. The first kappa shape index (κ1) is 27.3. The highest BCUT2D eigenvalue weighted by molar-refractivity contribution is 6.31. The van der Waals surface area contributed by atoms with Crippen LogP contribution in [0.25, 0.3) is 10.9 Å². The van der Waals surface area contributed by atoms with Crippen molar-refractivity contribution in [3.63, 3.8) is 0 Å². The number of benzene rings is 2. The summed E-state index contributed by atoms with van der Waals surface area (Å²) >= 11 is 5.96. The molecule has 2 N–H and O–H groups in total. The van der Waals surface area contributed by atoms with Gasteiger partial charge >= 0.3 is 0 Å². The third kappa shape index (κ3) is 7.42. The van der Waals surface area contributed by atoms with Gasteiger partial charge in [-0.15, -0.1) is 0 Å². The minimum atomic E-state index is -0.508. The average molecular weight is 556 g/mol. The number of carbonyl (C=O) groups is 1. The van der Waals surface area contributed by atoms with E-state index in [9.17, 15) is 9.18 Å². The molecule has 2 aliphatic heterocycles. The van der Waals surface area contributed by atoms with E-state index >= 15 is 0 Å². The summed E-state index contributed by atoms with van der Waals surface area (Å²) in [5, 5.41) is 6.79. The van der Waals surface area contributed by atoms with Crippen LogP contribution in [0.3, 0.4) is 0 Å². The SMILES string of the molecule is O=C(/C=C/CN1CCCOCC1)Nc1cc2c(Nc3ccc(F)c(Cl)c3)ncnc2cc1OC1CCOCC1.